The molecule has 3 rings (SSSR count). The third-order valence-corrected chi connectivity index (χ3v) is 5.71. The summed E-state index contributed by atoms with van der Waals surface area (Å²) in [7, 11) is 0. The summed E-state index contributed by atoms with van der Waals surface area (Å²) < 4.78 is 5.80. The molecule has 0 bridgehead atoms. The van der Waals surface area contributed by atoms with Crippen LogP contribution in [0.25, 0.3) is 0 Å². The Balaban J connectivity index is 1.44. The number of piperidine rings is 1. The van der Waals surface area contributed by atoms with E-state index in [2.05, 4.69) is 24.1 Å². The maximum atomic E-state index is 12.9. The molecular weight excluding hydrogens is 354 g/mol. The zero-order valence-corrected chi connectivity index (χ0v) is 17.4. The standard InChI is InChI=1S/C22H33N3O3/c1-17(2)16-24-13-10-22(11-14-24)20(26)25(21(27)23-22)12-6-7-15-28-19-9-5-4-8-18(19)3/h4-5,8-9,17H,6-7,10-16H2,1-3H3,(H,23,27). The predicted octanol–water partition coefficient (Wildman–Crippen LogP) is 3.20. The van der Waals surface area contributed by atoms with Gasteiger partial charge in [0, 0.05) is 26.2 Å². The van der Waals surface area contributed by atoms with Crippen LogP contribution < -0.4 is 10.1 Å². The molecule has 0 unspecified atom stereocenters. The molecule has 0 saturated carbocycles. The van der Waals surface area contributed by atoms with Crippen molar-refractivity contribution in [3.63, 3.8) is 0 Å². The molecule has 2 aliphatic heterocycles. The van der Waals surface area contributed by atoms with Gasteiger partial charge in [-0.1, -0.05) is 32.0 Å². The number of imide groups is 1. The van der Waals surface area contributed by atoms with Crippen molar-refractivity contribution in [3.05, 3.63) is 29.8 Å². The summed E-state index contributed by atoms with van der Waals surface area (Å²) in [5.74, 6) is 1.47. The molecule has 1 N–H and O–H groups in total. The van der Waals surface area contributed by atoms with Crippen LogP contribution in [0.15, 0.2) is 24.3 Å². The number of amides is 3. The average Bonchev–Trinajstić information content (AvgIpc) is 2.88. The highest BCUT2D eigenvalue weighted by atomic mass is 16.5. The predicted molar refractivity (Wildman–Crippen MR) is 109 cm³/mol. The Morgan fingerprint density at radius 2 is 1.86 bits per heavy atom. The van der Waals surface area contributed by atoms with E-state index in [-0.39, 0.29) is 11.9 Å². The monoisotopic (exact) mass is 387 g/mol. The van der Waals surface area contributed by atoms with Gasteiger partial charge in [-0.3, -0.25) is 9.69 Å². The lowest BCUT2D eigenvalue weighted by atomic mass is 9.87. The molecule has 1 aromatic carbocycles. The number of carbonyl (C=O) groups excluding carboxylic acids is 2. The summed E-state index contributed by atoms with van der Waals surface area (Å²) >= 11 is 0. The van der Waals surface area contributed by atoms with Crippen molar-refractivity contribution in [2.45, 2.75) is 52.0 Å². The number of hydrogen-bond acceptors (Lipinski definition) is 4. The van der Waals surface area contributed by atoms with E-state index in [1.54, 1.807) is 0 Å². The van der Waals surface area contributed by atoms with Gasteiger partial charge in [0.05, 0.1) is 6.61 Å². The van der Waals surface area contributed by atoms with Crippen LogP contribution in [0.5, 0.6) is 5.75 Å². The van der Waals surface area contributed by atoms with Crippen LogP contribution in [0.1, 0.15) is 45.1 Å². The molecule has 1 aromatic rings. The van der Waals surface area contributed by atoms with E-state index in [0.29, 0.717) is 31.9 Å². The first kappa shape index (κ1) is 20.6. The minimum absolute atomic E-state index is 0.0403. The van der Waals surface area contributed by atoms with Crippen molar-refractivity contribution in [3.8, 4) is 5.75 Å². The van der Waals surface area contributed by atoms with Crippen molar-refractivity contribution in [1.29, 1.82) is 0 Å². The quantitative estimate of drug-likeness (QED) is 0.550. The van der Waals surface area contributed by atoms with Crippen LogP contribution in [0.2, 0.25) is 0 Å². The number of aryl methyl sites for hydroxylation is 1. The normalized spacial score (nSPS) is 19.5. The maximum Gasteiger partial charge on any atom is 0.325 e. The third kappa shape index (κ3) is 4.66. The molecule has 6 heteroatoms. The smallest absolute Gasteiger partial charge is 0.325 e. The summed E-state index contributed by atoms with van der Waals surface area (Å²) in [6, 6.07) is 7.70. The highest BCUT2D eigenvalue weighted by Gasteiger charge is 2.51. The van der Waals surface area contributed by atoms with Gasteiger partial charge in [0.1, 0.15) is 11.3 Å². The van der Waals surface area contributed by atoms with Gasteiger partial charge in [-0.25, -0.2) is 4.79 Å². The van der Waals surface area contributed by atoms with E-state index >= 15 is 0 Å². The second-order valence-electron chi connectivity index (χ2n) is 8.48. The second-order valence-corrected chi connectivity index (χ2v) is 8.48. The number of hydrogen-bond donors (Lipinski definition) is 1. The van der Waals surface area contributed by atoms with Crippen LogP contribution in [0.4, 0.5) is 4.79 Å². The van der Waals surface area contributed by atoms with Crippen LogP contribution >= 0.6 is 0 Å². The second kappa shape index (κ2) is 8.95. The summed E-state index contributed by atoms with van der Waals surface area (Å²) in [4.78, 5) is 29.1. The Bertz CT molecular complexity index is 696. The SMILES string of the molecule is Cc1ccccc1OCCCCN1C(=O)NC2(CCN(CC(C)C)CC2)C1=O. The Labute approximate surface area is 168 Å². The maximum absolute atomic E-state index is 12.9. The minimum atomic E-state index is -0.678. The fourth-order valence-electron chi connectivity index (χ4n) is 4.12. The van der Waals surface area contributed by atoms with Gasteiger partial charge in [0.2, 0.25) is 0 Å². The number of urea groups is 1. The number of para-hydroxylation sites is 1. The van der Waals surface area contributed by atoms with Crippen LogP contribution in [0, 0.1) is 12.8 Å². The zero-order valence-electron chi connectivity index (χ0n) is 17.4. The topological polar surface area (TPSA) is 61.9 Å². The summed E-state index contributed by atoms with van der Waals surface area (Å²) in [6.07, 6.45) is 2.97. The molecule has 0 atom stereocenters. The van der Waals surface area contributed by atoms with E-state index in [1.165, 1.54) is 4.90 Å². The number of nitrogens with one attached hydrogen (secondary N) is 1. The Kier molecular flexibility index (Phi) is 6.60. The number of unbranched alkanes of at least 4 members (excludes halogenated alkanes) is 1. The van der Waals surface area contributed by atoms with Gasteiger partial charge in [-0.15, -0.1) is 0 Å². The number of likely N-dealkylation sites (tertiary alicyclic amines) is 1. The van der Waals surface area contributed by atoms with Crippen molar-refractivity contribution in [2.24, 2.45) is 5.92 Å². The van der Waals surface area contributed by atoms with Crippen molar-refractivity contribution in [1.82, 2.24) is 15.1 Å². The number of benzene rings is 1. The van der Waals surface area contributed by atoms with Crippen LogP contribution in [0.3, 0.4) is 0 Å². The summed E-state index contributed by atoms with van der Waals surface area (Å²) in [5.41, 5.74) is 0.435. The molecule has 0 aromatic heterocycles. The first-order valence-corrected chi connectivity index (χ1v) is 10.5. The van der Waals surface area contributed by atoms with Gasteiger partial charge in [-0.2, -0.15) is 0 Å². The molecule has 154 valence electrons. The lowest BCUT2D eigenvalue weighted by molar-refractivity contribution is -0.133. The molecule has 6 nitrogen and oxygen atoms in total. The van der Waals surface area contributed by atoms with Gasteiger partial charge in [-0.05, 0) is 50.2 Å². The highest BCUT2D eigenvalue weighted by molar-refractivity contribution is 6.07. The van der Waals surface area contributed by atoms with Gasteiger partial charge in [0.15, 0.2) is 0 Å². The molecule has 2 fully saturated rings. The zero-order chi connectivity index (χ0) is 20.1. The van der Waals surface area contributed by atoms with E-state index in [0.717, 1.165) is 43.8 Å². The molecule has 28 heavy (non-hydrogen) atoms. The number of rotatable bonds is 8. The average molecular weight is 388 g/mol. The lowest BCUT2D eigenvalue weighted by Crippen LogP contribution is -2.55. The molecule has 2 saturated heterocycles. The summed E-state index contributed by atoms with van der Waals surface area (Å²) in [5, 5.41) is 3.00. The first-order chi connectivity index (χ1) is 13.4. The van der Waals surface area contributed by atoms with E-state index in [1.807, 2.05) is 31.2 Å². The largest absolute Gasteiger partial charge is 0.493 e. The Hall–Kier alpha value is -2.08. The Morgan fingerprint density at radius 1 is 1.14 bits per heavy atom. The fourth-order valence-corrected chi connectivity index (χ4v) is 4.12. The molecule has 3 amide bonds. The number of carbonyl (C=O) groups is 2. The number of ether oxygens (including phenoxy) is 1. The van der Waals surface area contributed by atoms with Crippen molar-refractivity contribution >= 4 is 11.9 Å². The van der Waals surface area contributed by atoms with E-state index in [4.69, 9.17) is 4.74 Å². The fraction of sp³-hybridized carbons (Fsp3) is 0.636. The van der Waals surface area contributed by atoms with Crippen LogP contribution in [-0.2, 0) is 4.79 Å². The van der Waals surface area contributed by atoms with Gasteiger partial charge < -0.3 is 15.0 Å². The summed E-state index contributed by atoms with van der Waals surface area (Å²) in [6.45, 7) is 10.2. The van der Waals surface area contributed by atoms with E-state index in [9.17, 15) is 9.59 Å². The molecule has 2 heterocycles. The third-order valence-electron chi connectivity index (χ3n) is 5.71. The molecular formula is C22H33N3O3. The highest BCUT2D eigenvalue weighted by Crippen LogP contribution is 2.30. The number of nitrogens with zero attached hydrogens (tertiary/aromatic N) is 2. The Morgan fingerprint density at radius 3 is 2.54 bits per heavy atom. The van der Waals surface area contributed by atoms with E-state index < -0.39 is 5.54 Å². The lowest BCUT2D eigenvalue weighted by Gasteiger charge is -2.38. The minimum Gasteiger partial charge on any atom is -0.493 e. The van der Waals surface area contributed by atoms with Crippen molar-refractivity contribution < 1.29 is 14.3 Å². The first-order valence-electron chi connectivity index (χ1n) is 10.5. The molecule has 0 aliphatic carbocycles. The van der Waals surface area contributed by atoms with Gasteiger partial charge in [0.25, 0.3) is 5.91 Å². The molecule has 2 aliphatic rings. The molecule has 1 spiro atoms. The van der Waals surface area contributed by atoms with Crippen molar-refractivity contribution in [2.75, 3.05) is 32.8 Å². The van der Waals surface area contributed by atoms with Gasteiger partial charge >= 0.3 is 6.03 Å². The molecule has 0 radical (unpaired) electrons. The van der Waals surface area contributed by atoms with Crippen LogP contribution in [-0.4, -0.2) is 60.1 Å².